The second-order valence-corrected chi connectivity index (χ2v) is 8.90. The maximum Gasteiger partial charge on any atom is 0.290 e. The molecular weight excluding hydrogens is 534 g/mol. The standard InChI is InChI=1S/C26H20BrNO8/c1-33-17-7-3-5-13-10-19(36-25(13)17)23(30)20-21(14-9-16(27)22(29)18(11-14)34-2)28(26(32)24(20)31)12-15-6-4-8-35-15/h3-11,21,29,31H,12H2,1-2H3. The van der Waals surface area contributed by atoms with Crippen LogP contribution in [0.2, 0.25) is 0 Å². The Labute approximate surface area is 213 Å². The van der Waals surface area contributed by atoms with Crippen molar-refractivity contribution in [3.63, 3.8) is 0 Å². The largest absolute Gasteiger partial charge is 0.503 e. The quantitative estimate of drug-likeness (QED) is 0.296. The summed E-state index contributed by atoms with van der Waals surface area (Å²) in [5.74, 6) is -1.33. The summed E-state index contributed by atoms with van der Waals surface area (Å²) in [7, 11) is 2.87. The van der Waals surface area contributed by atoms with Crippen LogP contribution in [-0.2, 0) is 11.3 Å². The van der Waals surface area contributed by atoms with Gasteiger partial charge in [-0.15, -0.1) is 0 Å². The van der Waals surface area contributed by atoms with E-state index >= 15 is 0 Å². The number of ketones is 1. The number of aliphatic hydroxyl groups excluding tert-OH is 1. The lowest BCUT2D eigenvalue weighted by Crippen LogP contribution is -2.30. The monoisotopic (exact) mass is 553 g/mol. The Morgan fingerprint density at radius 3 is 2.56 bits per heavy atom. The van der Waals surface area contributed by atoms with Gasteiger partial charge in [-0.3, -0.25) is 9.59 Å². The van der Waals surface area contributed by atoms with Gasteiger partial charge >= 0.3 is 0 Å². The van der Waals surface area contributed by atoms with Crippen LogP contribution in [0.1, 0.15) is 27.9 Å². The number of aromatic hydroxyl groups is 1. The van der Waals surface area contributed by atoms with E-state index in [1.807, 2.05) is 0 Å². The van der Waals surface area contributed by atoms with E-state index in [-0.39, 0.29) is 33.8 Å². The predicted octanol–water partition coefficient (Wildman–Crippen LogP) is 5.29. The van der Waals surface area contributed by atoms with Crippen molar-refractivity contribution in [2.45, 2.75) is 12.6 Å². The summed E-state index contributed by atoms with van der Waals surface area (Å²) < 4.78 is 22.1. The van der Waals surface area contributed by atoms with E-state index in [9.17, 15) is 19.8 Å². The van der Waals surface area contributed by atoms with Crippen LogP contribution >= 0.6 is 15.9 Å². The molecule has 36 heavy (non-hydrogen) atoms. The van der Waals surface area contributed by atoms with Gasteiger partial charge in [-0.05, 0) is 57.9 Å². The molecule has 1 amide bonds. The van der Waals surface area contributed by atoms with Crippen LogP contribution in [-0.4, -0.2) is 41.0 Å². The summed E-state index contributed by atoms with van der Waals surface area (Å²) in [5, 5.41) is 21.9. The maximum atomic E-state index is 13.8. The summed E-state index contributed by atoms with van der Waals surface area (Å²) in [6.45, 7) is -0.0217. The number of nitrogens with zero attached hydrogens (tertiary/aromatic N) is 1. The van der Waals surface area contributed by atoms with Crippen LogP contribution in [0.25, 0.3) is 11.0 Å². The fourth-order valence-electron chi connectivity index (χ4n) is 4.31. The van der Waals surface area contributed by atoms with Gasteiger partial charge in [0.15, 0.2) is 34.4 Å². The van der Waals surface area contributed by atoms with Crippen LogP contribution in [0.4, 0.5) is 0 Å². The molecule has 2 aromatic heterocycles. The third-order valence-electron chi connectivity index (χ3n) is 5.99. The molecule has 0 bridgehead atoms. The molecule has 0 spiro atoms. The first-order chi connectivity index (χ1) is 17.3. The molecule has 1 aliphatic rings. The number of benzene rings is 2. The minimum atomic E-state index is -1.03. The fourth-order valence-corrected chi connectivity index (χ4v) is 4.77. The molecule has 184 valence electrons. The molecule has 10 heteroatoms. The average Bonchev–Trinajstić information content (AvgIpc) is 3.60. The molecule has 5 rings (SSSR count). The number of hydrogen-bond acceptors (Lipinski definition) is 8. The van der Waals surface area contributed by atoms with Crippen molar-refractivity contribution in [3.05, 3.63) is 87.7 Å². The zero-order valence-corrected chi connectivity index (χ0v) is 20.7. The number of halogens is 1. The van der Waals surface area contributed by atoms with E-state index in [0.29, 0.717) is 28.0 Å². The fraction of sp³-hybridized carbons (Fsp3) is 0.154. The van der Waals surface area contributed by atoms with Gasteiger partial charge in [0.2, 0.25) is 5.78 Å². The van der Waals surface area contributed by atoms with Crippen LogP contribution in [0.3, 0.4) is 0 Å². The second kappa shape index (κ2) is 9.12. The number of furan rings is 2. The molecule has 1 unspecified atom stereocenters. The van der Waals surface area contributed by atoms with Crippen LogP contribution in [0.15, 0.2) is 79.4 Å². The number of fused-ring (bicyclic) bond motifs is 1. The molecule has 2 aromatic carbocycles. The van der Waals surface area contributed by atoms with Crippen molar-refractivity contribution in [1.82, 2.24) is 4.90 Å². The number of phenols is 1. The SMILES string of the molecule is COc1cc(C2C(C(=O)c3cc4cccc(OC)c4o3)=C(O)C(=O)N2Cc2ccco2)cc(Br)c1O. The molecule has 0 aliphatic carbocycles. The second-order valence-electron chi connectivity index (χ2n) is 8.05. The highest BCUT2D eigenvalue weighted by molar-refractivity contribution is 9.10. The lowest BCUT2D eigenvalue weighted by Gasteiger charge is -2.26. The van der Waals surface area contributed by atoms with Crippen LogP contribution in [0, 0.1) is 0 Å². The van der Waals surface area contributed by atoms with Gasteiger partial charge in [0.05, 0.1) is 43.1 Å². The zero-order chi connectivity index (χ0) is 25.6. The summed E-state index contributed by atoms with van der Waals surface area (Å²) in [5.41, 5.74) is 0.604. The Hall–Kier alpha value is -4.18. The first-order valence-electron chi connectivity index (χ1n) is 10.8. The van der Waals surface area contributed by atoms with Crippen molar-refractivity contribution in [2.75, 3.05) is 14.2 Å². The Kier molecular flexibility index (Phi) is 5.97. The molecule has 1 atom stereocenters. The first kappa shape index (κ1) is 23.6. The Balaban J connectivity index is 1.65. The Morgan fingerprint density at radius 1 is 1.08 bits per heavy atom. The molecule has 0 fully saturated rings. The number of carbonyl (C=O) groups excluding carboxylic acids is 2. The minimum Gasteiger partial charge on any atom is -0.503 e. The number of rotatable bonds is 7. The first-order valence-corrected chi connectivity index (χ1v) is 11.6. The summed E-state index contributed by atoms with van der Waals surface area (Å²) in [4.78, 5) is 28.3. The summed E-state index contributed by atoms with van der Waals surface area (Å²) >= 11 is 3.29. The van der Waals surface area contributed by atoms with Crippen molar-refractivity contribution < 1.29 is 38.1 Å². The van der Waals surface area contributed by atoms with Gasteiger partial charge in [0.1, 0.15) is 5.76 Å². The van der Waals surface area contributed by atoms with Gasteiger partial charge in [-0.1, -0.05) is 12.1 Å². The number of aliphatic hydroxyl groups is 1. The summed E-state index contributed by atoms with van der Waals surface area (Å²) in [6, 6.07) is 12.1. The molecule has 1 aliphatic heterocycles. The molecule has 3 heterocycles. The van der Waals surface area contributed by atoms with Crippen molar-refractivity contribution in [2.24, 2.45) is 0 Å². The van der Waals surface area contributed by atoms with Gasteiger partial charge in [-0.2, -0.15) is 0 Å². The van der Waals surface area contributed by atoms with E-state index in [4.69, 9.17) is 18.3 Å². The minimum absolute atomic E-state index is 0.0217. The van der Waals surface area contributed by atoms with E-state index in [2.05, 4.69) is 15.9 Å². The van der Waals surface area contributed by atoms with E-state index in [1.54, 1.807) is 36.4 Å². The molecular formula is C26H20BrNO8. The Morgan fingerprint density at radius 2 is 1.86 bits per heavy atom. The van der Waals surface area contributed by atoms with Crippen molar-refractivity contribution >= 4 is 38.6 Å². The predicted molar refractivity (Wildman–Crippen MR) is 131 cm³/mol. The number of phenolic OH excluding ortho intramolecular Hbond substituents is 1. The molecule has 0 saturated heterocycles. The third kappa shape index (κ3) is 3.79. The van der Waals surface area contributed by atoms with Gasteiger partial charge in [-0.25, -0.2) is 0 Å². The molecule has 4 aromatic rings. The normalized spacial score (nSPS) is 15.7. The van der Waals surface area contributed by atoms with Crippen LogP contribution < -0.4 is 9.47 Å². The lowest BCUT2D eigenvalue weighted by molar-refractivity contribution is -0.130. The molecule has 9 nitrogen and oxygen atoms in total. The van der Waals surface area contributed by atoms with Crippen LogP contribution in [0.5, 0.6) is 17.2 Å². The number of ether oxygens (including phenoxy) is 2. The maximum absolute atomic E-state index is 13.8. The lowest BCUT2D eigenvalue weighted by atomic mass is 9.94. The number of methoxy groups -OCH3 is 2. The van der Waals surface area contributed by atoms with Gasteiger partial charge in [0.25, 0.3) is 5.91 Å². The smallest absolute Gasteiger partial charge is 0.290 e. The molecule has 0 radical (unpaired) electrons. The molecule has 2 N–H and O–H groups in total. The topological polar surface area (TPSA) is 123 Å². The highest BCUT2D eigenvalue weighted by atomic mass is 79.9. The van der Waals surface area contributed by atoms with Crippen molar-refractivity contribution in [3.8, 4) is 17.2 Å². The van der Waals surface area contributed by atoms with Gasteiger partial charge < -0.3 is 33.4 Å². The van der Waals surface area contributed by atoms with E-state index in [1.165, 1.54) is 37.5 Å². The average molecular weight is 554 g/mol. The number of amides is 1. The van der Waals surface area contributed by atoms with Gasteiger partial charge in [0, 0.05) is 5.39 Å². The molecule has 0 saturated carbocycles. The van der Waals surface area contributed by atoms with E-state index < -0.39 is 23.5 Å². The zero-order valence-electron chi connectivity index (χ0n) is 19.1. The third-order valence-corrected chi connectivity index (χ3v) is 6.60. The number of para-hydroxylation sites is 1. The number of hydrogen-bond donors (Lipinski definition) is 2. The van der Waals surface area contributed by atoms with Crippen molar-refractivity contribution in [1.29, 1.82) is 0 Å². The van der Waals surface area contributed by atoms with E-state index in [0.717, 1.165) is 0 Å². The number of carbonyl (C=O) groups is 2. The Bertz CT molecular complexity index is 1520. The highest BCUT2D eigenvalue weighted by Gasteiger charge is 2.45. The highest BCUT2D eigenvalue weighted by Crippen LogP contribution is 2.45. The summed E-state index contributed by atoms with van der Waals surface area (Å²) in [6.07, 6.45) is 1.46. The number of Topliss-reactive ketones (excluding diaryl/α,β-unsaturated/α-hetero) is 1.